The maximum atomic E-state index is 12.8. The molecular formula is C22H22N6O3S2. The van der Waals surface area contributed by atoms with Gasteiger partial charge >= 0.3 is 0 Å². The summed E-state index contributed by atoms with van der Waals surface area (Å²) in [6, 6.07) is 14.2. The molecule has 0 aliphatic carbocycles. The number of anilines is 1. The normalized spacial score (nSPS) is 11.5. The van der Waals surface area contributed by atoms with E-state index in [9.17, 15) is 13.2 Å². The van der Waals surface area contributed by atoms with E-state index in [0.29, 0.717) is 17.2 Å². The Kier molecular flexibility index (Phi) is 6.11. The number of carbonyl (C=O) groups excluding carboxylic acids is 1. The molecule has 4 aromatic rings. The van der Waals surface area contributed by atoms with Crippen molar-refractivity contribution >= 4 is 32.4 Å². The molecule has 0 aliphatic heterocycles. The van der Waals surface area contributed by atoms with Crippen LogP contribution in [0.3, 0.4) is 0 Å². The first-order chi connectivity index (χ1) is 15.6. The summed E-state index contributed by atoms with van der Waals surface area (Å²) < 4.78 is 24.5. The molecule has 0 radical (unpaired) electrons. The van der Waals surface area contributed by atoms with Gasteiger partial charge in [-0.15, -0.1) is 16.4 Å². The fourth-order valence-corrected chi connectivity index (χ4v) is 4.84. The number of amides is 1. The van der Waals surface area contributed by atoms with E-state index in [1.54, 1.807) is 23.7 Å². The summed E-state index contributed by atoms with van der Waals surface area (Å²) in [6.07, 6.45) is 0.548. The Morgan fingerprint density at radius 3 is 2.52 bits per heavy atom. The van der Waals surface area contributed by atoms with Gasteiger partial charge in [-0.3, -0.25) is 10.1 Å². The molecule has 0 saturated carbocycles. The van der Waals surface area contributed by atoms with Crippen molar-refractivity contribution in [3.63, 3.8) is 0 Å². The van der Waals surface area contributed by atoms with Crippen LogP contribution in [0.4, 0.5) is 5.13 Å². The van der Waals surface area contributed by atoms with Gasteiger partial charge in [-0.05, 0) is 56.2 Å². The summed E-state index contributed by atoms with van der Waals surface area (Å²) in [6.45, 7) is 5.64. The predicted molar refractivity (Wildman–Crippen MR) is 126 cm³/mol. The Morgan fingerprint density at radius 2 is 1.85 bits per heavy atom. The lowest BCUT2D eigenvalue weighted by atomic mass is 10.1. The van der Waals surface area contributed by atoms with Crippen molar-refractivity contribution in [2.45, 2.75) is 32.1 Å². The van der Waals surface area contributed by atoms with Gasteiger partial charge in [0.1, 0.15) is 0 Å². The molecule has 0 aliphatic rings. The summed E-state index contributed by atoms with van der Waals surface area (Å²) in [5.74, 6) is -0.385. The minimum absolute atomic E-state index is 0.0642. The monoisotopic (exact) mass is 482 g/mol. The van der Waals surface area contributed by atoms with Crippen molar-refractivity contribution < 1.29 is 13.2 Å². The van der Waals surface area contributed by atoms with Crippen molar-refractivity contribution in [1.29, 1.82) is 0 Å². The first-order valence-corrected chi connectivity index (χ1v) is 12.4. The van der Waals surface area contributed by atoms with Crippen LogP contribution in [-0.2, 0) is 16.4 Å². The molecule has 0 spiro atoms. The molecule has 4 rings (SSSR count). The Morgan fingerprint density at radius 1 is 1.12 bits per heavy atom. The van der Waals surface area contributed by atoms with Crippen LogP contribution in [0.2, 0.25) is 0 Å². The van der Waals surface area contributed by atoms with Crippen LogP contribution in [0.25, 0.3) is 5.69 Å². The molecule has 170 valence electrons. The maximum absolute atomic E-state index is 12.8. The van der Waals surface area contributed by atoms with E-state index in [4.69, 9.17) is 5.14 Å². The molecule has 33 heavy (non-hydrogen) atoms. The van der Waals surface area contributed by atoms with Crippen molar-refractivity contribution in [3.05, 3.63) is 81.6 Å². The number of benzene rings is 2. The molecule has 1 amide bonds. The van der Waals surface area contributed by atoms with E-state index < -0.39 is 10.0 Å². The lowest BCUT2D eigenvalue weighted by Crippen LogP contribution is -2.14. The number of nitrogens with two attached hydrogens (primary N) is 1. The van der Waals surface area contributed by atoms with Gasteiger partial charge in [0.2, 0.25) is 10.0 Å². The smallest absolute Gasteiger partial charge is 0.279 e. The highest BCUT2D eigenvalue weighted by molar-refractivity contribution is 7.89. The number of aryl methyl sites for hydroxylation is 2. The third-order valence-corrected chi connectivity index (χ3v) is 7.09. The van der Waals surface area contributed by atoms with Gasteiger partial charge in [0.05, 0.1) is 22.0 Å². The number of carbonyl (C=O) groups is 1. The van der Waals surface area contributed by atoms with Crippen molar-refractivity contribution in [1.82, 2.24) is 20.0 Å². The van der Waals surface area contributed by atoms with E-state index >= 15 is 0 Å². The Labute approximate surface area is 195 Å². The minimum Gasteiger partial charge on any atom is -0.296 e. The van der Waals surface area contributed by atoms with Gasteiger partial charge in [0.15, 0.2) is 10.8 Å². The van der Waals surface area contributed by atoms with Crippen molar-refractivity contribution in [2.24, 2.45) is 5.14 Å². The fraction of sp³-hybridized carbons (Fsp3) is 0.182. The highest BCUT2D eigenvalue weighted by Crippen LogP contribution is 2.26. The van der Waals surface area contributed by atoms with Crippen LogP contribution in [0.5, 0.6) is 0 Å². The Balaban J connectivity index is 1.49. The third kappa shape index (κ3) is 5.00. The largest absolute Gasteiger partial charge is 0.296 e. The lowest BCUT2D eigenvalue weighted by Gasteiger charge is -2.04. The van der Waals surface area contributed by atoms with Crippen LogP contribution >= 0.6 is 11.3 Å². The van der Waals surface area contributed by atoms with E-state index in [1.807, 2.05) is 38.1 Å². The highest BCUT2D eigenvalue weighted by Gasteiger charge is 2.19. The lowest BCUT2D eigenvalue weighted by molar-refractivity contribution is 0.102. The fourth-order valence-electron chi connectivity index (χ4n) is 3.33. The average Bonchev–Trinajstić information content (AvgIpc) is 3.30. The van der Waals surface area contributed by atoms with Gasteiger partial charge in [-0.1, -0.05) is 29.5 Å². The van der Waals surface area contributed by atoms with E-state index in [-0.39, 0.29) is 16.5 Å². The molecular weight excluding hydrogens is 460 g/mol. The molecule has 0 saturated heterocycles. The molecule has 0 atom stereocenters. The summed E-state index contributed by atoms with van der Waals surface area (Å²) >= 11 is 1.36. The topological polar surface area (TPSA) is 133 Å². The number of primary sulfonamides is 1. The zero-order valence-electron chi connectivity index (χ0n) is 18.2. The first kappa shape index (κ1) is 22.8. The molecule has 0 fully saturated rings. The molecule has 2 heterocycles. The summed E-state index contributed by atoms with van der Waals surface area (Å²) in [4.78, 5) is 18.3. The van der Waals surface area contributed by atoms with Gasteiger partial charge in [0, 0.05) is 11.3 Å². The number of thiazole rings is 1. The second-order valence-electron chi connectivity index (χ2n) is 7.62. The van der Waals surface area contributed by atoms with Crippen LogP contribution in [0.1, 0.15) is 37.9 Å². The number of nitrogens with one attached hydrogen (secondary N) is 1. The van der Waals surface area contributed by atoms with Gasteiger partial charge in [-0.25, -0.2) is 23.2 Å². The van der Waals surface area contributed by atoms with E-state index in [2.05, 4.69) is 20.6 Å². The van der Waals surface area contributed by atoms with Gasteiger partial charge < -0.3 is 0 Å². The zero-order chi connectivity index (χ0) is 23.8. The van der Waals surface area contributed by atoms with Gasteiger partial charge in [-0.2, -0.15) is 0 Å². The summed E-state index contributed by atoms with van der Waals surface area (Å²) in [7, 11) is -3.73. The molecule has 2 aromatic heterocycles. The van der Waals surface area contributed by atoms with E-state index in [0.717, 1.165) is 27.4 Å². The number of sulfonamides is 1. The quantitative estimate of drug-likeness (QED) is 0.434. The zero-order valence-corrected chi connectivity index (χ0v) is 19.9. The van der Waals surface area contributed by atoms with Crippen LogP contribution in [0.15, 0.2) is 53.4 Å². The van der Waals surface area contributed by atoms with Crippen molar-refractivity contribution in [2.75, 3.05) is 5.32 Å². The molecule has 3 N–H and O–H groups in total. The number of aromatic nitrogens is 4. The summed E-state index contributed by atoms with van der Waals surface area (Å²) in [5.41, 5.74) is 4.46. The van der Waals surface area contributed by atoms with Crippen molar-refractivity contribution in [3.8, 4) is 5.69 Å². The van der Waals surface area contributed by atoms with Crippen LogP contribution in [0, 0.1) is 20.8 Å². The second-order valence-corrected chi connectivity index (χ2v) is 10.3. The molecule has 0 bridgehead atoms. The van der Waals surface area contributed by atoms with Crippen LogP contribution < -0.4 is 10.5 Å². The average molecular weight is 483 g/mol. The standard InChI is InChI=1S/C22H22N6O3S2/c1-13-5-4-6-17(11-13)28-15(3)20(26-27-28)21(29)25-22-24-14(2)19(32-22)12-16-7-9-18(10-8-16)33(23,30)31/h4-11H,12H2,1-3H3,(H2,23,30,31)(H,24,25,29). The van der Waals surface area contributed by atoms with Gasteiger partial charge in [0.25, 0.3) is 5.91 Å². The number of rotatable bonds is 6. The number of nitrogens with zero attached hydrogens (tertiary/aromatic N) is 4. The summed E-state index contributed by atoms with van der Waals surface area (Å²) in [5, 5.41) is 16.6. The first-order valence-electron chi connectivity index (χ1n) is 10.0. The number of hydrogen-bond donors (Lipinski definition) is 2. The van der Waals surface area contributed by atoms with E-state index in [1.165, 1.54) is 23.5 Å². The Bertz CT molecular complexity index is 1440. The molecule has 0 unspecified atom stereocenters. The second kappa shape index (κ2) is 8.85. The predicted octanol–water partition coefficient (Wildman–Crippen LogP) is 3.14. The Hall–Kier alpha value is -3.41. The number of hydrogen-bond acceptors (Lipinski definition) is 7. The maximum Gasteiger partial charge on any atom is 0.279 e. The third-order valence-electron chi connectivity index (χ3n) is 5.09. The minimum atomic E-state index is -3.73. The van der Waals surface area contributed by atoms with Crippen LogP contribution in [-0.4, -0.2) is 34.3 Å². The molecule has 11 heteroatoms. The highest BCUT2D eigenvalue weighted by atomic mass is 32.2. The SMILES string of the molecule is Cc1cccc(-n2nnc(C(=O)Nc3nc(C)c(Cc4ccc(S(N)(=O)=O)cc4)s3)c2C)c1. The molecule has 2 aromatic carbocycles. The molecule has 9 nitrogen and oxygen atoms in total.